The smallest absolute Gasteiger partial charge is 0.332 e. The maximum absolute atomic E-state index is 11.8. The fourth-order valence-corrected chi connectivity index (χ4v) is 2.08. The van der Waals surface area contributed by atoms with Crippen LogP contribution in [0.2, 0.25) is 0 Å². The molecular formula is C13H15NO3S. The summed E-state index contributed by atoms with van der Waals surface area (Å²) in [7, 11) is 0. The van der Waals surface area contributed by atoms with Crippen molar-refractivity contribution in [3.05, 3.63) is 35.4 Å². The Kier molecular flexibility index (Phi) is 3.81. The van der Waals surface area contributed by atoms with Gasteiger partial charge in [-0.15, -0.1) is 0 Å². The molecule has 1 N–H and O–H groups in total. The third kappa shape index (κ3) is 2.61. The highest BCUT2D eigenvalue weighted by Gasteiger charge is 2.39. The van der Waals surface area contributed by atoms with Gasteiger partial charge in [-0.3, -0.25) is 0 Å². The Labute approximate surface area is 111 Å². The van der Waals surface area contributed by atoms with Crippen LogP contribution in [0.4, 0.5) is 0 Å². The minimum Gasteiger partial charge on any atom is -0.464 e. The van der Waals surface area contributed by atoms with Gasteiger partial charge >= 0.3 is 5.97 Å². The molecule has 0 bridgehead atoms. The lowest BCUT2D eigenvalue weighted by Gasteiger charge is -2.16. The third-order valence-corrected chi connectivity index (χ3v) is 2.97. The molecule has 1 aliphatic heterocycles. The molecule has 1 aromatic carbocycles. The summed E-state index contributed by atoms with van der Waals surface area (Å²) in [5, 5.41) is 3.07. The number of hydrogen-bond acceptors (Lipinski definition) is 4. The van der Waals surface area contributed by atoms with Gasteiger partial charge in [0.25, 0.3) is 5.17 Å². The van der Waals surface area contributed by atoms with Gasteiger partial charge in [0.15, 0.2) is 12.1 Å². The number of rotatable bonds is 3. The molecule has 2 rings (SSSR count). The average Bonchev–Trinajstić information content (AvgIpc) is 2.73. The van der Waals surface area contributed by atoms with E-state index in [1.54, 1.807) is 6.92 Å². The van der Waals surface area contributed by atoms with Crippen LogP contribution < -0.4 is 5.32 Å². The molecule has 18 heavy (non-hydrogen) atoms. The van der Waals surface area contributed by atoms with E-state index in [0.717, 1.165) is 11.1 Å². The highest BCUT2D eigenvalue weighted by molar-refractivity contribution is 7.80. The minimum absolute atomic E-state index is 0.235. The molecule has 4 nitrogen and oxygen atoms in total. The summed E-state index contributed by atoms with van der Waals surface area (Å²) in [5.74, 6) is -0.345. The summed E-state index contributed by atoms with van der Waals surface area (Å²) in [4.78, 5) is 11.8. The van der Waals surface area contributed by atoms with Gasteiger partial charge in [0.1, 0.15) is 0 Å². The lowest BCUT2D eigenvalue weighted by molar-refractivity contribution is -0.146. The number of esters is 1. The normalized spacial score (nSPS) is 22.2. The number of benzene rings is 1. The van der Waals surface area contributed by atoms with Gasteiger partial charge in [0, 0.05) is 0 Å². The van der Waals surface area contributed by atoms with E-state index in [-0.39, 0.29) is 11.1 Å². The van der Waals surface area contributed by atoms with Crippen molar-refractivity contribution in [2.45, 2.75) is 26.0 Å². The van der Waals surface area contributed by atoms with Crippen LogP contribution in [0.3, 0.4) is 0 Å². The summed E-state index contributed by atoms with van der Waals surface area (Å²) >= 11 is 4.96. The largest absolute Gasteiger partial charge is 0.464 e. The molecule has 96 valence electrons. The van der Waals surface area contributed by atoms with Gasteiger partial charge < -0.3 is 14.8 Å². The lowest BCUT2D eigenvalue weighted by Crippen LogP contribution is -2.37. The molecule has 0 spiro atoms. The molecule has 0 aromatic heterocycles. The maximum Gasteiger partial charge on any atom is 0.332 e. The van der Waals surface area contributed by atoms with E-state index in [9.17, 15) is 4.79 Å². The molecule has 1 aliphatic rings. The quantitative estimate of drug-likeness (QED) is 0.668. The van der Waals surface area contributed by atoms with Gasteiger partial charge in [-0.05, 0) is 31.6 Å². The first-order valence-corrected chi connectivity index (χ1v) is 6.23. The monoisotopic (exact) mass is 265 g/mol. The number of aryl methyl sites for hydroxylation is 1. The number of carbonyl (C=O) groups is 1. The van der Waals surface area contributed by atoms with Crippen LogP contribution in [-0.2, 0) is 14.3 Å². The van der Waals surface area contributed by atoms with Crippen LogP contribution in [-0.4, -0.2) is 23.8 Å². The van der Waals surface area contributed by atoms with Crippen LogP contribution in [0.15, 0.2) is 24.3 Å². The second-order valence-electron chi connectivity index (χ2n) is 4.11. The average molecular weight is 265 g/mol. The molecule has 0 aliphatic carbocycles. The molecule has 0 unspecified atom stereocenters. The topological polar surface area (TPSA) is 47.6 Å². The maximum atomic E-state index is 11.8. The van der Waals surface area contributed by atoms with Crippen molar-refractivity contribution in [1.82, 2.24) is 5.32 Å². The highest BCUT2D eigenvalue weighted by Crippen LogP contribution is 2.27. The number of thiocarbonyl (C=S) groups is 1. The molecule has 1 heterocycles. The summed E-state index contributed by atoms with van der Waals surface area (Å²) in [6, 6.07) is 7.24. The Balaban J connectivity index is 2.21. The fourth-order valence-electron chi connectivity index (χ4n) is 1.85. The number of nitrogens with one attached hydrogen (secondary N) is 1. The van der Waals surface area contributed by atoms with Crippen molar-refractivity contribution >= 4 is 23.4 Å². The highest BCUT2D eigenvalue weighted by atomic mass is 32.1. The Hall–Kier alpha value is -1.62. The van der Waals surface area contributed by atoms with Gasteiger partial charge in [-0.2, -0.15) is 0 Å². The van der Waals surface area contributed by atoms with Crippen molar-refractivity contribution in [3.8, 4) is 0 Å². The fraction of sp³-hybridized carbons (Fsp3) is 0.385. The molecule has 1 aromatic rings. The molecule has 1 saturated heterocycles. The molecule has 0 amide bonds. The van der Waals surface area contributed by atoms with Crippen molar-refractivity contribution in [2.75, 3.05) is 6.61 Å². The van der Waals surface area contributed by atoms with Crippen LogP contribution >= 0.6 is 12.2 Å². The molecular weight excluding hydrogens is 250 g/mol. The van der Waals surface area contributed by atoms with E-state index in [2.05, 4.69) is 5.32 Å². The molecule has 2 atom stereocenters. The van der Waals surface area contributed by atoms with Crippen LogP contribution in [0.5, 0.6) is 0 Å². The van der Waals surface area contributed by atoms with Crippen molar-refractivity contribution < 1.29 is 14.3 Å². The summed E-state index contributed by atoms with van der Waals surface area (Å²) < 4.78 is 10.5. The van der Waals surface area contributed by atoms with E-state index >= 15 is 0 Å². The van der Waals surface area contributed by atoms with Gasteiger partial charge in [0.05, 0.1) is 6.61 Å². The second-order valence-corrected chi connectivity index (χ2v) is 4.48. The molecule has 5 heteroatoms. The SMILES string of the molecule is CCOC(=O)[C@H]1NC(=S)O[C@@H]1c1ccc(C)cc1. The Morgan fingerprint density at radius 3 is 2.72 bits per heavy atom. The molecule has 0 radical (unpaired) electrons. The van der Waals surface area contributed by atoms with E-state index in [0.29, 0.717) is 6.61 Å². The standard InChI is InChI=1S/C13H15NO3S/c1-3-16-12(15)10-11(17-13(18)14-10)9-6-4-8(2)5-7-9/h4-7,10-11H,3H2,1-2H3,(H,14,18)/t10-,11+/m0/s1. The van der Waals surface area contributed by atoms with Crippen molar-refractivity contribution in [2.24, 2.45) is 0 Å². The van der Waals surface area contributed by atoms with E-state index in [1.165, 1.54) is 0 Å². The van der Waals surface area contributed by atoms with Crippen LogP contribution in [0, 0.1) is 6.92 Å². The predicted octanol–water partition coefficient (Wildman–Crippen LogP) is 1.87. The zero-order valence-corrected chi connectivity index (χ0v) is 11.1. The number of carbonyl (C=O) groups excluding carboxylic acids is 1. The van der Waals surface area contributed by atoms with E-state index in [1.807, 2.05) is 31.2 Å². The number of hydrogen-bond donors (Lipinski definition) is 1. The van der Waals surface area contributed by atoms with Crippen molar-refractivity contribution in [3.63, 3.8) is 0 Å². The van der Waals surface area contributed by atoms with Crippen LogP contribution in [0.1, 0.15) is 24.2 Å². The lowest BCUT2D eigenvalue weighted by atomic mass is 10.0. The summed E-state index contributed by atoms with van der Waals surface area (Å²) in [6.45, 7) is 4.11. The Morgan fingerprint density at radius 1 is 1.44 bits per heavy atom. The summed E-state index contributed by atoms with van der Waals surface area (Å²) in [5.41, 5.74) is 2.06. The predicted molar refractivity (Wildman–Crippen MR) is 71.2 cm³/mol. The third-order valence-electron chi connectivity index (χ3n) is 2.76. The zero-order chi connectivity index (χ0) is 13.1. The zero-order valence-electron chi connectivity index (χ0n) is 10.3. The first kappa shape index (κ1) is 12.8. The van der Waals surface area contributed by atoms with Gasteiger partial charge in [-0.1, -0.05) is 29.8 Å². The van der Waals surface area contributed by atoms with Crippen LogP contribution in [0.25, 0.3) is 0 Å². The molecule has 0 saturated carbocycles. The molecule has 1 fully saturated rings. The van der Waals surface area contributed by atoms with Crippen molar-refractivity contribution in [1.29, 1.82) is 0 Å². The van der Waals surface area contributed by atoms with E-state index in [4.69, 9.17) is 21.7 Å². The van der Waals surface area contributed by atoms with Gasteiger partial charge in [0.2, 0.25) is 0 Å². The van der Waals surface area contributed by atoms with Gasteiger partial charge in [-0.25, -0.2) is 4.79 Å². The second kappa shape index (κ2) is 5.35. The summed E-state index contributed by atoms with van der Waals surface area (Å²) in [6.07, 6.45) is -0.419. The minimum atomic E-state index is -0.569. The first-order chi connectivity index (χ1) is 8.61. The number of ether oxygens (including phenoxy) is 2. The Morgan fingerprint density at radius 2 is 2.11 bits per heavy atom. The van der Waals surface area contributed by atoms with E-state index < -0.39 is 12.1 Å². The Bertz CT molecular complexity index is 458. The first-order valence-electron chi connectivity index (χ1n) is 5.82.